The molecule has 0 radical (unpaired) electrons. The molecule has 0 aliphatic rings. The van der Waals surface area contributed by atoms with Gasteiger partial charge in [0.1, 0.15) is 5.82 Å². The summed E-state index contributed by atoms with van der Waals surface area (Å²) in [5.74, 6) is 1.30. The quantitative estimate of drug-likeness (QED) is 0.663. The molecule has 26 heavy (non-hydrogen) atoms. The Hall–Kier alpha value is -2.18. The summed E-state index contributed by atoms with van der Waals surface area (Å²) in [4.78, 5) is 13.9. The number of hydrogen-bond acceptors (Lipinski definition) is 5. The fourth-order valence-corrected chi connectivity index (χ4v) is 3.05. The SMILES string of the molecule is CC(C)[C@@H](CO)c1nc(Nc2cccc(Cl)c2)c2ncn(C(C)C)c2n1. The first-order valence-corrected chi connectivity index (χ1v) is 9.16. The normalized spacial score (nSPS) is 12.9. The molecule has 6 nitrogen and oxygen atoms in total. The van der Waals surface area contributed by atoms with E-state index in [1.807, 2.05) is 28.8 Å². The number of nitrogens with one attached hydrogen (secondary N) is 1. The van der Waals surface area contributed by atoms with E-state index in [1.54, 1.807) is 6.33 Å². The number of hydrogen-bond donors (Lipinski definition) is 2. The minimum Gasteiger partial charge on any atom is -0.396 e. The highest BCUT2D eigenvalue weighted by Crippen LogP contribution is 2.29. The largest absolute Gasteiger partial charge is 0.396 e. The van der Waals surface area contributed by atoms with E-state index in [4.69, 9.17) is 16.6 Å². The second-order valence-electron chi connectivity index (χ2n) is 7.02. The zero-order chi connectivity index (χ0) is 18.8. The third-order valence-corrected chi connectivity index (χ3v) is 4.65. The van der Waals surface area contributed by atoms with Gasteiger partial charge in [0, 0.05) is 22.7 Å². The molecule has 0 saturated carbocycles. The van der Waals surface area contributed by atoms with Crippen LogP contribution < -0.4 is 5.32 Å². The second-order valence-corrected chi connectivity index (χ2v) is 7.45. The number of anilines is 2. The first-order chi connectivity index (χ1) is 12.4. The molecule has 1 atom stereocenters. The van der Waals surface area contributed by atoms with Gasteiger partial charge in [-0.15, -0.1) is 0 Å². The number of fused-ring (bicyclic) bond motifs is 1. The van der Waals surface area contributed by atoms with Gasteiger partial charge in [0.05, 0.1) is 12.9 Å². The third kappa shape index (κ3) is 3.66. The maximum absolute atomic E-state index is 9.83. The molecule has 0 spiro atoms. The highest BCUT2D eigenvalue weighted by molar-refractivity contribution is 6.30. The van der Waals surface area contributed by atoms with Crippen molar-refractivity contribution in [3.8, 4) is 0 Å². The van der Waals surface area contributed by atoms with E-state index in [2.05, 4.69) is 43.0 Å². The molecule has 2 heterocycles. The third-order valence-electron chi connectivity index (χ3n) is 4.42. The van der Waals surface area contributed by atoms with Crippen molar-refractivity contribution in [2.24, 2.45) is 5.92 Å². The Kier molecular flexibility index (Phi) is 5.44. The van der Waals surface area contributed by atoms with E-state index in [0.717, 1.165) is 11.3 Å². The van der Waals surface area contributed by atoms with Crippen molar-refractivity contribution in [2.75, 3.05) is 11.9 Å². The summed E-state index contributed by atoms with van der Waals surface area (Å²) in [6, 6.07) is 7.67. The number of benzene rings is 1. The van der Waals surface area contributed by atoms with Crippen LogP contribution in [0.15, 0.2) is 30.6 Å². The smallest absolute Gasteiger partial charge is 0.166 e. The van der Waals surface area contributed by atoms with Gasteiger partial charge in [-0.25, -0.2) is 15.0 Å². The summed E-state index contributed by atoms with van der Waals surface area (Å²) in [6.07, 6.45) is 1.78. The van der Waals surface area contributed by atoms with Crippen LogP contribution in [0.2, 0.25) is 5.02 Å². The average molecular weight is 374 g/mol. The summed E-state index contributed by atoms with van der Waals surface area (Å²) in [5.41, 5.74) is 2.28. The van der Waals surface area contributed by atoms with Crippen molar-refractivity contribution >= 4 is 34.3 Å². The maximum atomic E-state index is 9.83. The van der Waals surface area contributed by atoms with Crippen LogP contribution in [0.5, 0.6) is 0 Å². The minimum atomic E-state index is -0.144. The van der Waals surface area contributed by atoms with E-state index in [1.165, 1.54) is 0 Å². The van der Waals surface area contributed by atoms with Crippen molar-refractivity contribution in [2.45, 2.75) is 39.7 Å². The molecule has 2 aromatic heterocycles. The number of aliphatic hydroxyl groups excluding tert-OH is 1. The number of imidazole rings is 1. The molecule has 0 amide bonds. The van der Waals surface area contributed by atoms with E-state index in [9.17, 15) is 5.11 Å². The fraction of sp³-hybridized carbons (Fsp3) is 0.421. The number of halogens is 1. The van der Waals surface area contributed by atoms with E-state index >= 15 is 0 Å². The Bertz CT molecular complexity index is 906. The molecule has 0 saturated heterocycles. The van der Waals surface area contributed by atoms with Crippen molar-refractivity contribution in [3.63, 3.8) is 0 Å². The van der Waals surface area contributed by atoms with Gasteiger partial charge in [-0.2, -0.15) is 0 Å². The lowest BCUT2D eigenvalue weighted by molar-refractivity contribution is 0.232. The summed E-state index contributed by atoms with van der Waals surface area (Å²) in [6.45, 7) is 8.27. The fourth-order valence-electron chi connectivity index (χ4n) is 2.86. The summed E-state index contributed by atoms with van der Waals surface area (Å²) in [5, 5.41) is 13.8. The Labute approximate surface area is 158 Å². The Morgan fingerprint density at radius 1 is 1.19 bits per heavy atom. The predicted octanol–water partition coefficient (Wildman–Crippen LogP) is 4.54. The monoisotopic (exact) mass is 373 g/mol. The van der Waals surface area contributed by atoms with E-state index < -0.39 is 0 Å². The van der Waals surface area contributed by atoms with Crippen molar-refractivity contribution in [1.29, 1.82) is 0 Å². The molecule has 138 valence electrons. The number of aromatic nitrogens is 4. The van der Waals surface area contributed by atoms with Gasteiger partial charge in [-0.1, -0.05) is 31.5 Å². The molecule has 0 aliphatic carbocycles. The average Bonchev–Trinajstić information content (AvgIpc) is 2.99. The molecule has 0 bridgehead atoms. The highest BCUT2D eigenvalue weighted by Gasteiger charge is 2.22. The Balaban J connectivity index is 2.16. The minimum absolute atomic E-state index is 0.00437. The van der Waals surface area contributed by atoms with Crippen molar-refractivity contribution in [1.82, 2.24) is 19.5 Å². The predicted molar refractivity (Wildman–Crippen MR) is 105 cm³/mol. The Morgan fingerprint density at radius 3 is 2.58 bits per heavy atom. The molecule has 1 aromatic carbocycles. The number of rotatable bonds is 6. The van der Waals surface area contributed by atoms with Crippen molar-refractivity contribution in [3.05, 3.63) is 41.4 Å². The van der Waals surface area contributed by atoms with Crippen LogP contribution in [0.3, 0.4) is 0 Å². The van der Waals surface area contributed by atoms with Gasteiger partial charge in [-0.3, -0.25) is 0 Å². The van der Waals surface area contributed by atoms with Crippen molar-refractivity contribution < 1.29 is 5.11 Å². The summed E-state index contributed by atoms with van der Waals surface area (Å²) < 4.78 is 2.01. The van der Waals surface area contributed by atoms with Crippen LogP contribution in [0.1, 0.15) is 45.5 Å². The van der Waals surface area contributed by atoms with Gasteiger partial charge < -0.3 is 15.0 Å². The zero-order valence-corrected chi connectivity index (χ0v) is 16.2. The van der Waals surface area contributed by atoms with Crippen LogP contribution in [-0.2, 0) is 0 Å². The Morgan fingerprint density at radius 2 is 1.96 bits per heavy atom. The highest BCUT2D eigenvalue weighted by atomic mass is 35.5. The lowest BCUT2D eigenvalue weighted by Crippen LogP contribution is -2.16. The van der Waals surface area contributed by atoms with E-state index in [0.29, 0.717) is 22.2 Å². The zero-order valence-electron chi connectivity index (χ0n) is 15.4. The number of nitrogens with zero attached hydrogens (tertiary/aromatic N) is 4. The lowest BCUT2D eigenvalue weighted by atomic mass is 9.96. The van der Waals surface area contributed by atoms with Gasteiger partial charge in [-0.05, 0) is 38.0 Å². The first kappa shape index (κ1) is 18.6. The topological polar surface area (TPSA) is 75.9 Å². The second kappa shape index (κ2) is 7.60. The summed E-state index contributed by atoms with van der Waals surface area (Å²) >= 11 is 6.10. The van der Waals surface area contributed by atoms with Gasteiger partial charge >= 0.3 is 0 Å². The number of aliphatic hydroxyl groups is 1. The lowest BCUT2D eigenvalue weighted by Gasteiger charge is -2.18. The molecule has 0 unspecified atom stereocenters. The standard InChI is InChI=1S/C19H24ClN5O/c1-11(2)15(9-26)17-23-18(22-14-7-5-6-13(20)8-14)16-19(24-17)25(10-21-16)12(3)4/h5-8,10-12,15,26H,9H2,1-4H3,(H,22,23,24)/t15-/m1/s1. The molecular formula is C19H24ClN5O. The maximum Gasteiger partial charge on any atom is 0.166 e. The molecular weight excluding hydrogens is 350 g/mol. The van der Waals surface area contributed by atoms with Crippen LogP contribution in [-0.4, -0.2) is 31.2 Å². The molecule has 0 aliphatic heterocycles. The summed E-state index contributed by atoms with van der Waals surface area (Å²) in [7, 11) is 0. The molecule has 0 fully saturated rings. The molecule has 7 heteroatoms. The van der Waals surface area contributed by atoms with Crippen LogP contribution in [0.25, 0.3) is 11.2 Å². The van der Waals surface area contributed by atoms with Crippen LogP contribution in [0, 0.1) is 5.92 Å². The molecule has 3 aromatic rings. The van der Waals surface area contributed by atoms with Gasteiger partial charge in [0.2, 0.25) is 0 Å². The molecule has 3 rings (SSSR count). The van der Waals surface area contributed by atoms with Crippen LogP contribution in [0.4, 0.5) is 11.5 Å². The van der Waals surface area contributed by atoms with Crippen LogP contribution >= 0.6 is 11.6 Å². The van der Waals surface area contributed by atoms with Gasteiger partial charge in [0.15, 0.2) is 17.0 Å². The first-order valence-electron chi connectivity index (χ1n) is 8.78. The molecule has 2 N–H and O–H groups in total. The van der Waals surface area contributed by atoms with Gasteiger partial charge in [0.25, 0.3) is 0 Å². The van der Waals surface area contributed by atoms with E-state index in [-0.39, 0.29) is 24.5 Å².